The SMILES string of the molecule is COc1ccc(OC2CCN(S(=O)(=O)c3cccc(Cl)c3C)C2)nn1. The maximum absolute atomic E-state index is 12.9. The summed E-state index contributed by atoms with van der Waals surface area (Å²) in [4.78, 5) is 0.227. The Morgan fingerprint density at radius 3 is 2.60 bits per heavy atom. The lowest BCUT2D eigenvalue weighted by atomic mass is 10.2. The van der Waals surface area contributed by atoms with Gasteiger partial charge in [-0.2, -0.15) is 4.31 Å². The number of benzene rings is 1. The smallest absolute Gasteiger partial charge is 0.243 e. The van der Waals surface area contributed by atoms with E-state index in [1.54, 1.807) is 37.3 Å². The Morgan fingerprint density at radius 2 is 1.92 bits per heavy atom. The second-order valence-electron chi connectivity index (χ2n) is 5.67. The summed E-state index contributed by atoms with van der Waals surface area (Å²) >= 11 is 6.05. The van der Waals surface area contributed by atoms with E-state index in [0.717, 1.165) is 0 Å². The van der Waals surface area contributed by atoms with E-state index in [9.17, 15) is 8.42 Å². The summed E-state index contributed by atoms with van der Waals surface area (Å²) in [5.74, 6) is 0.725. The molecule has 0 radical (unpaired) electrons. The molecule has 1 saturated heterocycles. The number of hydrogen-bond acceptors (Lipinski definition) is 6. The molecule has 7 nitrogen and oxygen atoms in total. The van der Waals surface area contributed by atoms with E-state index in [4.69, 9.17) is 21.1 Å². The predicted octanol–water partition coefficient (Wildman–Crippen LogP) is 2.29. The highest BCUT2D eigenvalue weighted by Crippen LogP contribution is 2.28. The number of ether oxygens (including phenoxy) is 2. The van der Waals surface area contributed by atoms with E-state index >= 15 is 0 Å². The maximum atomic E-state index is 12.9. The number of nitrogens with zero attached hydrogens (tertiary/aromatic N) is 3. The third-order valence-electron chi connectivity index (χ3n) is 4.06. The summed E-state index contributed by atoms with van der Waals surface area (Å²) in [6.45, 7) is 2.33. The minimum absolute atomic E-state index is 0.227. The number of hydrogen-bond donors (Lipinski definition) is 0. The molecule has 2 heterocycles. The van der Waals surface area contributed by atoms with Crippen LogP contribution in [0.3, 0.4) is 0 Å². The Kier molecular flexibility index (Phi) is 5.12. The third kappa shape index (κ3) is 3.70. The highest BCUT2D eigenvalue weighted by atomic mass is 35.5. The van der Waals surface area contributed by atoms with Crippen LogP contribution < -0.4 is 9.47 Å². The monoisotopic (exact) mass is 383 g/mol. The van der Waals surface area contributed by atoms with Crippen LogP contribution in [-0.2, 0) is 10.0 Å². The summed E-state index contributed by atoms with van der Waals surface area (Å²) in [7, 11) is -2.11. The molecule has 134 valence electrons. The molecule has 0 aliphatic carbocycles. The molecule has 1 atom stereocenters. The van der Waals surface area contributed by atoms with E-state index in [1.165, 1.54) is 11.4 Å². The van der Waals surface area contributed by atoms with E-state index in [-0.39, 0.29) is 17.5 Å². The van der Waals surface area contributed by atoms with Gasteiger partial charge in [0.25, 0.3) is 0 Å². The van der Waals surface area contributed by atoms with Crippen LogP contribution in [0.4, 0.5) is 0 Å². The van der Waals surface area contributed by atoms with E-state index in [1.807, 2.05) is 0 Å². The molecule has 1 fully saturated rings. The van der Waals surface area contributed by atoms with Crippen LogP contribution in [0.1, 0.15) is 12.0 Å². The summed E-state index contributed by atoms with van der Waals surface area (Å²) in [6.07, 6.45) is 0.295. The summed E-state index contributed by atoms with van der Waals surface area (Å²) in [5, 5.41) is 8.17. The molecule has 0 spiro atoms. The van der Waals surface area contributed by atoms with Gasteiger partial charge in [0.05, 0.1) is 18.6 Å². The van der Waals surface area contributed by atoms with Gasteiger partial charge in [0.15, 0.2) is 0 Å². The molecule has 2 aromatic rings. The Hall–Kier alpha value is -1.90. The van der Waals surface area contributed by atoms with E-state index in [0.29, 0.717) is 35.3 Å². The number of halogens is 1. The van der Waals surface area contributed by atoms with Crippen molar-refractivity contribution in [3.63, 3.8) is 0 Å². The molecule has 9 heteroatoms. The molecular weight excluding hydrogens is 366 g/mol. The molecule has 0 saturated carbocycles. The molecule has 1 aliphatic rings. The summed E-state index contributed by atoms with van der Waals surface area (Å²) in [5.41, 5.74) is 0.551. The fourth-order valence-electron chi connectivity index (χ4n) is 2.67. The number of aromatic nitrogens is 2. The Balaban J connectivity index is 1.72. The van der Waals surface area contributed by atoms with Crippen LogP contribution >= 0.6 is 11.6 Å². The highest BCUT2D eigenvalue weighted by molar-refractivity contribution is 7.89. The number of rotatable bonds is 5. The Bertz CT molecular complexity index is 858. The van der Waals surface area contributed by atoms with Crippen LogP contribution in [0, 0.1) is 6.92 Å². The van der Waals surface area contributed by atoms with Crippen molar-refractivity contribution in [2.24, 2.45) is 0 Å². The fourth-order valence-corrected chi connectivity index (χ4v) is 4.63. The zero-order chi connectivity index (χ0) is 18.0. The lowest BCUT2D eigenvalue weighted by molar-refractivity contribution is 0.203. The Labute approximate surface area is 151 Å². The maximum Gasteiger partial charge on any atom is 0.243 e. The van der Waals surface area contributed by atoms with Crippen LogP contribution in [-0.4, -0.2) is 49.2 Å². The normalized spacial score (nSPS) is 18.3. The van der Waals surface area contributed by atoms with Gasteiger partial charge >= 0.3 is 0 Å². The number of sulfonamides is 1. The van der Waals surface area contributed by atoms with Crippen molar-refractivity contribution in [3.05, 3.63) is 40.9 Å². The Morgan fingerprint density at radius 1 is 1.20 bits per heavy atom. The van der Waals surface area contributed by atoms with Gasteiger partial charge in [0, 0.05) is 23.7 Å². The van der Waals surface area contributed by atoms with Gasteiger partial charge in [-0.25, -0.2) is 8.42 Å². The highest BCUT2D eigenvalue weighted by Gasteiger charge is 2.34. The van der Waals surface area contributed by atoms with Crippen LogP contribution in [0.15, 0.2) is 35.2 Å². The van der Waals surface area contributed by atoms with Crippen LogP contribution in [0.2, 0.25) is 5.02 Å². The predicted molar refractivity (Wildman–Crippen MR) is 92.6 cm³/mol. The largest absolute Gasteiger partial charge is 0.480 e. The van der Waals surface area contributed by atoms with Gasteiger partial charge in [0.2, 0.25) is 21.8 Å². The third-order valence-corrected chi connectivity index (χ3v) is 6.47. The lowest BCUT2D eigenvalue weighted by Gasteiger charge is -2.18. The van der Waals surface area contributed by atoms with Crippen molar-refractivity contribution in [3.8, 4) is 11.8 Å². The van der Waals surface area contributed by atoms with Gasteiger partial charge in [-0.3, -0.25) is 0 Å². The summed E-state index contributed by atoms with van der Waals surface area (Å²) < 4.78 is 37.8. The van der Waals surface area contributed by atoms with Crippen LogP contribution in [0.5, 0.6) is 11.8 Å². The first-order valence-electron chi connectivity index (χ1n) is 7.71. The molecule has 1 unspecified atom stereocenters. The first-order chi connectivity index (χ1) is 11.9. The van der Waals surface area contributed by atoms with Crippen molar-refractivity contribution in [1.82, 2.24) is 14.5 Å². The van der Waals surface area contributed by atoms with Crippen LogP contribution in [0.25, 0.3) is 0 Å². The van der Waals surface area contributed by atoms with Gasteiger partial charge in [-0.1, -0.05) is 17.7 Å². The van der Waals surface area contributed by atoms with Crippen molar-refractivity contribution in [1.29, 1.82) is 0 Å². The van der Waals surface area contributed by atoms with E-state index in [2.05, 4.69) is 10.2 Å². The average molecular weight is 384 g/mol. The standard InChI is InChI=1S/C16H18ClN3O4S/c1-11-13(17)4-3-5-14(11)25(21,22)20-9-8-12(10-20)24-16-7-6-15(23-2)18-19-16/h3-7,12H,8-10H2,1-2H3. The molecule has 0 bridgehead atoms. The van der Waals surface area contributed by atoms with Gasteiger partial charge in [0.1, 0.15) is 6.10 Å². The zero-order valence-corrected chi connectivity index (χ0v) is 15.4. The molecule has 0 N–H and O–H groups in total. The number of methoxy groups -OCH3 is 1. The van der Waals surface area contributed by atoms with Crippen molar-refractivity contribution in [2.75, 3.05) is 20.2 Å². The van der Waals surface area contributed by atoms with E-state index < -0.39 is 10.0 Å². The zero-order valence-electron chi connectivity index (χ0n) is 13.8. The molecule has 25 heavy (non-hydrogen) atoms. The van der Waals surface area contributed by atoms with Crippen molar-refractivity contribution < 1.29 is 17.9 Å². The fraction of sp³-hybridized carbons (Fsp3) is 0.375. The molecule has 0 amide bonds. The second-order valence-corrected chi connectivity index (χ2v) is 7.98. The molecule has 1 aliphatic heterocycles. The lowest BCUT2D eigenvalue weighted by Crippen LogP contribution is -2.31. The molecule has 3 rings (SSSR count). The second kappa shape index (κ2) is 7.15. The van der Waals surface area contributed by atoms with Gasteiger partial charge in [-0.05, 0) is 31.0 Å². The first kappa shape index (κ1) is 17.9. The molecule has 1 aromatic heterocycles. The average Bonchev–Trinajstić information content (AvgIpc) is 3.07. The quantitative estimate of drug-likeness (QED) is 0.787. The van der Waals surface area contributed by atoms with Gasteiger partial charge < -0.3 is 9.47 Å². The minimum atomic E-state index is -3.61. The first-order valence-corrected chi connectivity index (χ1v) is 9.53. The molecule has 1 aromatic carbocycles. The van der Waals surface area contributed by atoms with Crippen molar-refractivity contribution >= 4 is 21.6 Å². The van der Waals surface area contributed by atoms with Gasteiger partial charge in [-0.15, -0.1) is 10.2 Å². The minimum Gasteiger partial charge on any atom is -0.480 e. The topological polar surface area (TPSA) is 81.6 Å². The van der Waals surface area contributed by atoms with Crippen molar-refractivity contribution in [2.45, 2.75) is 24.3 Å². The summed E-state index contributed by atoms with van der Waals surface area (Å²) in [6, 6.07) is 8.16. The molecular formula is C16H18ClN3O4S.